The Morgan fingerprint density at radius 3 is 2.26 bits per heavy atom. The topological polar surface area (TPSA) is 87.7 Å². The summed E-state index contributed by atoms with van der Waals surface area (Å²) < 4.78 is 18.4. The van der Waals surface area contributed by atoms with Gasteiger partial charge >= 0.3 is 11.8 Å². The molecule has 7 nitrogen and oxygen atoms in total. The number of nitrogens with one attached hydrogen (secondary N) is 2. The number of para-hydroxylation sites is 1. The Kier molecular flexibility index (Phi) is 7.98. The smallest absolute Gasteiger partial charge is 0.309 e. The minimum absolute atomic E-state index is 0.000354. The van der Waals surface area contributed by atoms with Crippen LogP contribution in [0.1, 0.15) is 18.4 Å². The van der Waals surface area contributed by atoms with Gasteiger partial charge in [-0.15, -0.1) is 0 Å². The van der Waals surface area contributed by atoms with Crippen LogP contribution in [0.15, 0.2) is 54.6 Å². The lowest BCUT2D eigenvalue weighted by atomic mass is 9.96. The molecular formula is C23H26FN3O4. The van der Waals surface area contributed by atoms with Crippen molar-refractivity contribution in [2.75, 3.05) is 26.2 Å². The number of halogens is 1. The monoisotopic (exact) mass is 427 g/mol. The molecule has 0 unspecified atom stereocenters. The van der Waals surface area contributed by atoms with Gasteiger partial charge in [0, 0.05) is 26.2 Å². The molecule has 0 aromatic heterocycles. The van der Waals surface area contributed by atoms with Crippen molar-refractivity contribution in [3.8, 4) is 5.75 Å². The van der Waals surface area contributed by atoms with Crippen molar-refractivity contribution in [3.63, 3.8) is 0 Å². The fraction of sp³-hybridized carbons (Fsp3) is 0.348. The normalized spacial score (nSPS) is 14.0. The molecule has 3 rings (SSSR count). The van der Waals surface area contributed by atoms with E-state index in [0.717, 1.165) is 12.8 Å². The van der Waals surface area contributed by atoms with Crippen molar-refractivity contribution in [1.29, 1.82) is 0 Å². The number of likely N-dealkylation sites (tertiary alicyclic amines) is 1. The number of amides is 3. The number of hydrogen-bond acceptors (Lipinski definition) is 4. The average molecular weight is 427 g/mol. The predicted octanol–water partition coefficient (Wildman–Crippen LogP) is 1.88. The number of rotatable bonds is 7. The van der Waals surface area contributed by atoms with Gasteiger partial charge in [0.2, 0.25) is 0 Å². The third-order valence-corrected chi connectivity index (χ3v) is 5.20. The second-order valence-electron chi connectivity index (χ2n) is 7.45. The Morgan fingerprint density at radius 1 is 0.935 bits per heavy atom. The van der Waals surface area contributed by atoms with Crippen molar-refractivity contribution < 1.29 is 23.5 Å². The molecule has 2 aromatic rings. The second kappa shape index (κ2) is 11.1. The lowest BCUT2D eigenvalue weighted by Gasteiger charge is -2.32. The highest BCUT2D eigenvalue weighted by molar-refractivity contribution is 6.35. The van der Waals surface area contributed by atoms with E-state index in [1.165, 1.54) is 12.1 Å². The van der Waals surface area contributed by atoms with Crippen LogP contribution in [0.4, 0.5) is 4.39 Å². The zero-order valence-electron chi connectivity index (χ0n) is 17.2. The van der Waals surface area contributed by atoms with Gasteiger partial charge in [-0.2, -0.15) is 0 Å². The molecule has 8 heteroatoms. The summed E-state index contributed by atoms with van der Waals surface area (Å²) in [7, 11) is 0. The molecule has 0 saturated carbocycles. The second-order valence-corrected chi connectivity index (χ2v) is 7.45. The fourth-order valence-corrected chi connectivity index (χ4v) is 3.32. The van der Waals surface area contributed by atoms with Crippen LogP contribution in [0.5, 0.6) is 5.75 Å². The predicted molar refractivity (Wildman–Crippen MR) is 112 cm³/mol. The molecule has 0 aliphatic carbocycles. The average Bonchev–Trinajstić information content (AvgIpc) is 2.81. The zero-order valence-corrected chi connectivity index (χ0v) is 17.2. The summed E-state index contributed by atoms with van der Waals surface area (Å²) >= 11 is 0. The maximum atomic E-state index is 12.9. The van der Waals surface area contributed by atoms with E-state index in [2.05, 4.69) is 10.6 Å². The summed E-state index contributed by atoms with van der Waals surface area (Å²) in [5.41, 5.74) is 0.704. The van der Waals surface area contributed by atoms with Crippen LogP contribution in [0, 0.1) is 11.7 Å². The van der Waals surface area contributed by atoms with E-state index in [9.17, 15) is 18.8 Å². The van der Waals surface area contributed by atoms with Gasteiger partial charge in [0.05, 0.1) is 0 Å². The van der Waals surface area contributed by atoms with E-state index in [-0.39, 0.29) is 30.8 Å². The van der Waals surface area contributed by atoms with Crippen LogP contribution in [-0.2, 0) is 20.9 Å². The Balaban J connectivity index is 1.32. The first-order valence-electron chi connectivity index (χ1n) is 10.3. The lowest BCUT2D eigenvalue weighted by Crippen LogP contribution is -2.45. The van der Waals surface area contributed by atoms with Crippen molar-refractivity contribution in [2.24, 2.45) is 5.92 Å². The largest absolute Gasteiger partial charge is 0.484 e. The van der Waals surface area contributed by atoms with E-state index in [1.54, 1.807) is 29.2 Å². The molecular weight excluding hydrogens is 401 g/mol. The van der Waals surface area contributed by atoms with Crippen molar-refractivity contribution in [1.82, 2.24) is 15.5 Å². The number of carbonyl (C=O) groups excluding carboxylic acids is 3. The van der Waals surface area contributed by atoms with Gasteiger partial charge in [-0.1, -0.05) is 30.3 Å². The number of nitrogens with zero attached hydrogens (tertiary/aromatic N) is 1. The van der Waals surface area contributed by atoms with Crippen LogP contribution in [0.2, 0.25) is 0 Å². The summed E-state index contributed by atoms with van der Waals surface area (Å²) in [6, 6.07) is 14.9. The van der Waals surface area contributed by atoms with Crippen LogP contribution < -0.4 is 15.4 Å². The maximum absolute atomic E-state index is 12.9. The quantitative estimate of drug-likeness (QED) is 0.661. The van der Waals surface area contributed by atoms with Crippen LogP contribution in [0.3, 0.4) is 0 Å². The van der Waals surface area contributed by atoms with Gasteiger partial charge < -0.3 is 20.3 Å². The summed E-state index contributed by atoms with van der Waals surface area (Å²) in [4.78, 5) is 38.0. The number of hydrogen-bond donors (Lipinski definition) is 2. The van der Waals surface area contributed by atoms with E-state index in [4.69, 9.17) is 4.74 Å². The maximum Gasteiger partial charge on any atom is 0.309 e. The number of benzene rings is 2. The molecule has 0 radical (unpaired) electrons. The molecule has 2 N–H and O–H groups in total. The lowest BCUT2D eigenvalue weighted by molar-refractivity contribution is -0.139. The van der Waals surface area contributed by atoms with Crippen LogP contribution >= 0.6 is 0 Å². The van der Waals surface area contributed by atoms with Gasteiger partial charge in [0.1, 0.15) is 11.6 Å². The Bertz CT molecular complexity index is 881. The minimum Gasteiger partial charge on any atom is -0.484 e. The first-order chi connectivity index (χ1) is 15.0. The number of carbonyl (C=O) groups is 3. The molecule has 1 fully saturated rings. The van der Waals surface area contributed by atoms with E-state index in [1.807, 2.05) is 18.2 Å². The molecule has 0 bridgehead atoms. The summed E-state index contributed by atoms with van der Waals surface area (Å²) in [5, 5.41) is 5.16. The summed E-state index contributed by atoms with van der Waals surface area (Å²) in [5.74, 6) is -0.984. The SMILES string of the molecule is O=C(NCc1ccc(F)cc1)C(=O)NCC1CCN(C(=O)COc2ccccc2)CC1. The van der Waals surface area contributed by atoms with E-state index < -0.39 is 11.8 Å². The Labute approximate surface area is 180 Å². The highest BCUT2D eigenvalue weighted by Crippen LogP contribution is 2.17. The summed E-state index contributed by atoms with van der Waals surface area (Å²) in [6.07, 6.45) is 1.49. The molecule has 1 saturated heterocycles. The van der Waals surface area contributed by atoms with Gasteiger partial charge in [-0.25, -0.2) is 4.39 Å². The third kappa shape index (κ3) is 7.09. The fourth-order valence-electron chi connectivity index (χ4n) is 3.32. The number of ether oxygens (including phenoxy) is 1. The van der Waals surface area contributed by atoms with E-state index in [0.29, 0.717) is 30.9 Å². The van der Waals surface area contributed by atoms with E-state index >= 15 is 0 Å². The molecule has 0 spiro atoms. The first kappa shape index (κ1) is 22.3. The molecule has 164 valence electrons. The summed E-state index contributed by atoms with van der Waals surface area (Å²) in [6.45, 7) is 1.71. The molecule has 1 aliphatic heterocycles. The van der Waals surface area contributed by atoms with Gasteiger partial charge in [-0.3, -0.25) is 14.4 Å². The number of piperidine rings is 1. The molecule has 0 atom stereocenters. The van der Waals surface area contributed by atoms with Gasteiger partial charge in [0.25, 0.3) is 5.91 Å². The third-order valence-electron chi connectivity index (χ3n) is 5.20. The Morgan fingerprint density at radius 2 is 1.58 bits per heavy atom. The first-order valence-corrected chi connectivity index (χ1v) is 10.3. The Hall–Kier alpha value is -3.42. The standard InChI is InChI=1S/C23H26FN3O4/c24-19-8-6-17(7-9-19)14-25-22(29)23(30)26-15-18-10-12-27(13-11-18)21(28)16-31-20-4-2-1-3-5-20/h1-9,18H,10-16H2,(H,25,29)(H,26,30). The molecule has 2 aromatic carbocycles. The molecule has 1 heterocycles. The molecule has 1 aliphatic rings. The van der Waals surface area contributed by atoms with Gasteiger partial charge in [-0.05, 0) is 48.6 Å². The zero-order chi connectivity index (χ0) is 22.1. The molecule has 3 amide bonds. The minimum atomic E-state index is -0.727. The van der Waals surface area contributed by atoms with Crippen LogP contribution in [0.25, 0.3) is 0 Å². The molecule has 31 heavy (non-hydrogen) atoms. The van der Waals surface area contributed by atoms with Gasteiger partial charge in [0.15, 0.2) is 6.61 Å². The van der Waals surface area contributed by atoms with Crippen LogP contribution in [-0.4, -0.2) is 48.9 Å². The highest BCUT2D eigenvalue weighted by Gasteiger charge is 2.24. The van der Waals surface area contributed by atoms with Crippen molar-refractivity contribution in [2.45, 2.75) is 19.4 Å². The highest BCUT2D eigenvalue weighted by atomic mass is 19.1. The van der Waals surface area contributed by atoms with Crippen molar-refractivity contribution >= 4 is 17.7 Å². The van der Waals surface area contributed by atoms with Crippen molar-refractivity contribution in [3.05, 3.63) is 66.0 Å².